The van der Waals surface area contributed by atoms with E-state index in [0.29, 0.717) is 12.8 Å². The van der Waals surface area contributed by atoms with E-state index in [2.05, 4.69) is 8.37 Å². The number of hydrogen-bond acceptors (Lipinski definition) is 6. The maximum absolute atomic E-state index is 10.5. The Balaban J connectivity index is 3.21. The molecule has 0 aliphatic heterocycles. The van der Waals surface area contributed by atoms with E-state index in [-0.39, 0.29) is 11.9 Å². The molecule has 0 aliphatic rings. The van der Waals surface area contributed by atoms with Crippen LogP contribution in [0, 0.1) is 0 Å². The summed E-state index contributed by atoms with van der Waals surface area (Å²) in [5.74, 6) is -0.667. The molecular formula is C6H10O4S2. The minimum Gasteiger partial charge on any atom is -0.376 e. The Morgan fingerprint density at radius 3 is 1.58 bits per heavy atom. The average Bonchev–Trinajstić information content (AvgIpc) is 2.11. The van der Waals surface area contributed by atoms with Gasteiger partial charge in [0.1, 0.15) is 0 Å². The van der Waals surface area contributed by atoms with Gasteiger partial charge in [-0.2, -0.15) is 0 Å². The Hall–Kier alpha value is -0.360. The first-order chi connectivity index (χ1) is 5.70. The molecular weight excluding hydrogens is 200 g/mol. The summed E-state index contributed by atoms with van der Waals surface area (Å²) in [5, 5.41) is 0. The maximum Gasteiger partial charge on any atom is 0.318 e. The van der Waals surface area contributed by atoms with E-state index in [9.17, 15) is 9.59 Å². The van der Waals surface area contributed by atoms with E-state index in [1.54, 1.807) is 13.8 Å². The summed E-state index contributed by atoms with van der Waals surface area (Å²) < 4.78 is 9.10. The topological polar surface area (TPSA) is 52.6 Å². The van der Waals surface area contributed by atoms with Crippen molar-refractivity contribution in [1.29, 1.82) is 0 Å². The van der Waals surface area contributed by atoms with Crippen LogP contribution in [0.5, 0.6) is 0 Å². The molecule has 4 nitrogen and oxygen atoms in total. The van der Waals surface area contributed by atoms with Gasteiger partial charge in [0.2, 0.25) is 0 Å². The van der Waals surface area contributed by atoms with Crippen molar-refractivity contribution in [3.63, 3.8) is 0 Å². The van der Waals surface area contributed by atoms with Crippen molar-refractivity contribution in [1.82, 2.24) is 0 Å². The summed E-state index contributed by atoms with van der Waals surface area (Å²) >= 11 is 1.51. The van der Waals surface area contributed by atoms with Crippen LogP contribution in [0.2, 0.25) is 0 Å². The summed E-state index contributed by atoms with van der Waals surface area (Å²) in [7, 11) is 0. The highest BCUT2D eigenvalue weighted by molar-refractivity contribution is 8.73. The van der Waals surface area contributed by atoms with Gasteiger partial charge in [0.05, 0.1) is 0 Å². The van der Waals surface area contributed by atoms with Crippen molar-refractivity contribution in [2.24, 2.45) is 0 Å². The number of hydrogen-bond donors (Lipinski definition) is 0. The Labute approximate surface area is 79.2 Å². The zero-order valence-corrected chi connectivity index (χ0v) is 8.50. The molecule has 6 heteroatoms. The fourth-order valence-corrected chi connectivity index (χ4v) is 1.29. The molecule has 70 valence electrons. The molecule has 0 fully saturated rings. The molecule has 0 aromatic rings. The van der Waals surface area contributed by atoms with Crippen LogP contribution in [0.1, 0.15) is 26.7 Å². The van der Waals surface area contributed by atoms with Gasteiger partial charge in [-0.15, -0.1) is 0 Å². The summed E-state index contributed by atoms with van der Waals surface area (Å²) in [6, 6.07) is 0. The molecule has 0 bridgehead atoms. The summed E-state index contributed by atoms with van der Waals surface area (Å²) in [4.78, 5) is 21.1. The second-order valence-corrected chi connectivity index (χ2v) is 3.18. The highest BCUT2D eigenvalue weighted by Gasteiger charge is 2.03. The smallest absolute Gasteiger partial charge is 0.318 e. The molecule has 0 rings (SSSR count). The Bertz CT molecular complexity index is 142. The average molecular weight is 210 g/mol. The summed E-state index contributed by atoms with van der Waals surface area (Å²) in [6.45, 7) is 3.37. The maximum atomic E-state index is 10.5. The molecule has 0 amide bonds. The van der Waals surface area contributed by atoms with Gasteiger partial charge in [-0.3, -0.25) is 9.59 Å². The first-order valence-corrected chi connectivity index (χ1v) is 5.44. The molecule has 0 saturated carbocycles. The van der Waals surface area contributed by atoms with Crippen LogP contribution >= 0.6 is 22.1 Å². The molecule has 0 radical (unpaired) electrons. The van der Waals surface area contributed by atoms with E-state index in [0.717, 1.165) is 22.1 Å². The third-order valence-corrected chi connectivity index (χ3v) is 2.00. The van der Waals surface area contributed by atoms with E-state index in [4.69, 9.17) is 0 Å². The van der Waals surface area contributed by atoms with E-state index in [1.165, 1.54) is 0 Å². The SMILES string of the molecule is CCC(=O)OSSOC(=O)CC. The van der Waals surface area contributed by atoms with E-state index in [1.807, 2.05) is 0 Å². The van der Waals surface area contributed by atoms with Crippen LogP contribution in [0.3, 0.4) is 0 Å². The number of carbonyl (C=O) groups excluding carboxylic acids is 2. The highest BCUT2D eigenvalue weighted by atomic mass is 33.1. The van der Waals surface area contributed by atoms with Crippen LogP contribution in [0.15, 0.2) is 0 Å². The largest absolute Gasteiger partial charge is 0.376 e. The minimum atomic E-state index is -0.333. The Morgan fingerprint density at radius 1 is 1.00 bits per heavy atom. The molecule has 0 atom stereocenters. The lowest BCUT2D eigenvalue weighted by molar-refractivity contribution is -0.133. The first kappa shape index (κ1) is 11.6. The number of carbonyl (C=O) groups is 2. The Morgan fingerprint density at radius 2 is 1.33 bits per heavy atom. The van der Waals surface area contributed by atoms with Crippen molar-refractivity contribution in [2.75, 3.05) is 0 Å². The molecule has 0 spiro atoms. The quantitative estimate of drug-likeness (QED) is 0.393. The van der Waals surface area contributed by atoms with Crippen LogP contribution in [0.25, 0.3) is 0 Å². The van der Waals surface area contributed by atoms with Gasteiger partial charge in [-0.05, 0) is 0 Å². The lowest BCUT2D eigenvalue weighted by Gasteiger charge is -1.98. The van der Waals surface area contributed by atoms with Crippen LogP contribution < -0.4 is 0 Å². The molecule has 0 aliphatic carbocycles. The van der Waals surface area contributed by atoms with Crippen molar-refractivity contribution >= 4 is 34.1 Å². The highest BCUT2D eigenvalue weighted by Crippen LogP contribution is 2.24. The van der Waals surface area contributed by atoms with Crippen molar-refractivity contribution in [2.45, 2.75) is 26.7 Å². The van der Waals surface area contributed by atoms with E-state index >= 15 is 0 Å². The molecule has 0 aromatic heterocycles. The van der Waals surface area contributed by atoms with Crippen LogP contribution in [0.4, 0.5) is 0 Å². The van der Waals surface area contributed by atoms with Gasteiger partial charge < -0.3 is 8.37 Å². The molecule has 12 heavy (non-hydrogen) atoms. The molecule has 0 saturated heterocycles. The van der Waals surface area contributed by atoms with Gasteiger partial charge in [0.15, 0.2) is 22.1 Å². The second-order valence-electron chi connectivity index (χ2n) is 1.75. The fraction of sp³-hybridized carbons (Fsp3) is 0.667. The minimum absolute atomic E-state index is 0.315. The molecule has 0 unspecified atom stereocenters. The zero-order chi connectivity index (χ0) is 9.40. The number of rotatable bonds is 5. The van der Waals surface area contributed by atoms with Crippen LogP contribution in [-0.2, 0) is 18.0 Å². The fourth-order valence-electron chi connectivity index (χ4n) is 0.222. The van der Waals surface area contributed by atoms with Gasteiger partial charge in [0.25, 0.3) is 0 Å². The van der Waals surface area contributed by atoms with Crippen LogP contribution in [-0.4, -0.2) is 11.9 Å². The normalized spacial score (nSPS) is 9.17. The predicted octanol–water partition coefficient (Wildman–Crippen LogP) is 2.10. The summed E-state index contributed by atoms with van der Waals surface area (Å²) in [5.41, 5.74) is 0. The lowest BCUT2D eigenvalue weighted by Crippen LogP contribution is -1.96. The van der Waals surface area contributed by atoms with E-state index < -0.39 is 0 Å². The predicted molar refractivity (Wildman–Crippen MR) is 47.9 cm³/mol. The molecule has 0 aromatic carbocycles. The van der Waals surface area contributed by atoms with Gasteiger partial charge in [-0.25, -0.2) is 0 Å². The standard InChI is InChI=1S/C6H10O4S2/c1-3-5(7)9-11-12-10-6(8)4-2/h3-4H2,1-2H3. The zero-order valence-electron chi connectivity index (χ0n) is 6.86. The summed E-state index contributed by atoms with van der Waals surface area (Å²) in [6.07, 6.45) is 0.630. The van der Waals surface area contributed by atoms with Gasteiger partial charge in [-0.1, -0.05) is 13.8 Å². The van der Waals surface area contributed by atoms with Crippen molar-refractivity contribution in [3.8, 4) is 0 Å². The van der Waals surface area contributed by atoms with Gasteiger partial charge in [0, 0.05) is 12.8 Å². The second kappa shape index (κ2) is 7.30. The lowest BCUT2D eigenvalue weighted by atomic mass is 10.5. The Kier molecular flexibility index (Phi) is 7.08. The third-order valence-electron chi connectivity index (χ3n) is 0.859. The van der Waals surface area contributed by atoms with Gasteiger partial charge >= 0.3 is 11.9 Å². The van der Waals surface area contributed by atoms with Crippen molar-refractivity contribution < 1.29 is 18.0 Å². The monoisotopic (exact) mass is 210 g/mol. The molecule has 0 heterocycles. The third kappa shape index (κ3) is 6.36. The first-order valence-electron chi connectivity index (χ1n) is 3.44. The molecule has 0 N–H and O–H groups in total. The van der Waals surface area contributed by atoms with Crippen molar-refractivity contribution in [3.05, 3.63) is 0 Å².